The van der Waals surface area contributed by atoms with E-state index >= 15 is 0 Å². The van der Waals surface area contributed by atoms with E-state index < -0.39 is 0 Å². The molecule has 0 fully saturated rings. The van der Waals surface area contributed by atoms with Crippen molar-refractivity contribution in [3.8, 4) is 0 Å². The lowest BCUT2D eigenvalue weighted by molar-refractivity contribution is 0.267. The zero-order valence-corrected chi connectivity index (χ0v) is 10.9. The van der Waals surface area contributed by atoms with Crippen molar-refractivity contribution in [2.75, 3.05) is 11.9 Å². The lowest BCUT2D eigenvalue weighted by atomic mass is 10.0. The fraction of sp³-hybridized carbons (Fsp3) is 0.500. The number of anilines is 1. The predicted octanol–water partition coefficient (Wildman–Crippen LogP) is 2.51. The van der Waals surface area contributed by atoms with Gasteiger partial charge >= 0.3 is 0 Å². The third kappa shape index (κ3) is 2.73. The van der Waals surface area contributed by atoms with E-state index in [4.69, 9.17) is 5.11 Å². The van der Waals surface area contributed by atoms with Gasteiger partial charge in [-0.1, -0.05) is 13.8 Å². The van der Waals surface area contributed by atoms with Crippen LogP contribution in [-0.2, 0) is 0 Å². The van der Waals surface area contributed by atoms with Crippen LogP contribution in [0.2, 0.25) is 0 Å². The molecule has 0 saturated carbocycles. The van der Waals surface area contributed by atoms with Crippen molar-refractivity contribution in [3.63, 3.8) is 0 Å². The summed E-state index contributed by atoms with van der Waals surface area (Å²) >= 11 is 1.61. The molecule has 2 aromatic rings. The standard InChI is InChI=1S/C12H17N3OS/c1-8(2)10(3-5-16)15-11-9-4-6-17-12(9)14-7-13-11/h4,6-8,10,16H,3,5H2,1-2H3,(H,13,14,15). The van der Waals surface area contributed by atoms with Gasteiger partial charge in [-0.05, 0) is 23.8 Å². The topological polar surface area (TPSA) is 58.0 Å². The molecule has 4 nitrogen and oxygen atoms in total. The van der Waals surface area contributed by atoms with Crippen LogP contribution >= 0.6 is 11.3 Å². The largest absolute Gasteiger partial charge is 0.396 e. The van der Waals surface area contributed by atoms with E-state index in [1.165, 1.54) is 0 Å². The summed E-state index contributed by atoms with van der Waals surface area (Å²) in [5, 5.41) is 15.5. The molecule has 0 aliphatic rings. The van der Waals surface area contributed by atoms with E-state index in [1.807, 2.05) is 11.4 Å². The number of aromatic nitrogens is 2. The minimum atomic E-state index is 0.188. The Hall–Kier alpha value is -1.20. The van der Waals surface area contributed by atoms with Crippen LogP contribution in [0.1, 0.15) is 20.3 Å². The van der Waals surface area contributed by atoms with Crippen LogP contribution in [0.4, 0.5) is 5.82 Å². The average Bonchev–Trinajstić information content (AvgIpc) is 2.77. The second-order valence-electron chi connectivity index (χ2n) is 4.37. The van der Waals surface area contributed by atoms with E-state index in [-0.39, 0.29) is 12.6 Å². The quantitative estimate of drug-likeness (QED) is 0.857. The number of aliphatic hydroxyl groups is 1. The SMILES string of the molecule is CC(C)C(CCO)Nc1ncnc2sccc12. The molecular weight excluding hydrogens is 234 g/mol. The smallest absolute Gasteiger partial charge is 0.138 e. The van der Waals surface area contributed by atoms with Crippen LogP contribution in [0.25, 0.3) is 10.2 Å². The van der Waals surface area contributed by atoms with Crippen molar-refractivity contribution < 1.29 is 5.11 Å². The molecule has 2 rings (SSSR count). The maximum atomic E-state index is 9.07. The lowest BCUT2D eigenvalue weighted by Crippen LogP contribution is -2.27. The van der Waals surface area contributed by atoms with Gasteiger partial charge in [0.1, 0.15) is 17.0 Å². The van der Waals surface area contributed by atoms with Crippen molar-refractivity contribution in [1.29, 1.82) is 0 Å². The first-order valence-electron chi connectivity index (χ1n) is 5.78. The molecule has 2 N–H and O–H groups in total. The van der Waals surface area contributed by atoms with Crippen molar-refractivity contribution in [1.82, 2.24) is 9.97 Å². The highest BCUT2D eigenvalue weighted by atomic mass is 32.1. The fourth-order valence-electron chi connectivity index (χ4n) is 1.79. The zero-order valence-electron chi connectivity index (χ0n) is 10.1. The number of nitrogens with zero attached hydrogens (tertiary/aromatic N) is 2. The molecule has 92 valence electrons. The van der Waals surface area contributed by atoms with Crippen LogP contribution in [-0.4, -0.2) is 27.7 Å². The molecule has 0 bridgehead atoms. The summed E-state index contributed by atoms with van der Waals surface area (Å²) in [4.78, 5) is 9.50. The Morgan fingerprint density at radius 3 is 2.94 bits per heavy atom. The van der Waals surface area contributed by atoms with Crippen LogP contribution in [0.15, 0.2) is 17.8 Å². The highest BCUT2D eigenvalue weighted by Gasteiger charge is 2.14. The summed E-state index contributed by atoms with van der Waals surface area (Å²) in [5.41, 5.74) is 0. The first kappa shape index (κ1) is 12.3. The molecule has 0 amide bonds. The number of fused-ring (bicyclic) bond motifs is 1. The molecule has 0 saturated heterocycles. The van der Waals surface area contributed by atoms with Gasteiger partial charge in [0.25, 0.3) is 0 Å². The highest BCUT2D eigenvalue weighted by molar-refractivity contribution is 7.16. The maximum absolute atomic E-state index is 9.07. The first-order chi connectivity index (χ1) is 8.22. The fourth-order valence-corrected chi connectivity index (χ4v) is 2.52. The van der Waals surface area contributed by atoms with Crippen molar-refractivity contribution in [2.24, 2.45) is 5.92 Å². The Labute approximate surface area is 105 Å². The number of thiophene rings is 1. The van der Waals surface area contributed by atoms with Crippen LogP contribution in [0.3, 0.4) is 0 Å². The number of hydrogen-bond acceptors (Lipinski definition) is 5. The molecule has 2 aromatic heterocycles. The van der Waals surface area contributed by atoms with Gasteiger partial charge < -0.3 is 10.4 Å². The van der Waals surface area contributed by atoms with Crippen LogP contribution in [0.5, 0.6) is 0 Å². The molecule has 17 heavy (non-hydrogen) atoms. The number of rotatable bonds is 5. The molecule has 0 aliphatic heterocycles. The Morgan fingerprint density at radius 2 is 2.24 bits per heavy atom. The summed E-state index contributed by atoms with van der Waals surface area (Å²) < 4.78 is 0. The molecule has 0 aromatic carbocycles. The second kappa shape index (κ2) is 5.42. The highest BCUT2D eigenvalue weighted by Crippen LogP contribution is 2.25. The Bertz CT molecular complexity index is 483. The van der Waals surface area contributed by atoms with E-state index in [0.717, 1.165) is 22.5 Å². The van der Waals surface area contributed by atoms with Gasteiger partial charge in [0.2, 0.25) is 0 Å². The van der Waals surface area contributed by atoms with Gasteiger partial charge in [0.15, 0.2) is 0 Å². The normalized spacial score (nSPS) is 13.2. The molecule has 1 atom stereocenters. The van der Waals surface area contributed by atoms with E-state index in [2.05, 4.69) is 29.1 Å². The summed E-state index contributed by atoms with van der Waals surface area (Å²) in [6.45, 7) is 4.46. The first-order valence-corrected chi connectivity index (χ1v) is 6.66. The summed E-state index contributed by atoms with van der Waals surface area (Å²) in [6, 6.07) is 2.26. The Kier molecular flexibility index (Phi) is 3.91. The monoisotopic (exact) mass is 251 g/mol. The zero-order chi connectivity index (χ0) is 12.3. The number of nitrogens with one attached hydrogen (secondary N) is 1. The Morgan fingerprint density at radius 1 is 1.41 bits per heavy atom. The average molecular weight is 251 g/mol. The van der Waals surface area contributed by atoms with Gasteiger partial charge in [-0.2, -0.15) is 0 Å². The van der Waals surface area contributed by atoms with Gasteiger partial charge in [0, 0.05) is 12.6 Å². The second-order valence-corrected chi connectivity index (χ2v) is 5.26. The molecule has 1 unspecified atom stereocenters. The molecule has 2 heterocycles. The Balaban J connectivity index is 2.24. The third-order valence-corrected chi connectivity index (χ3v) is 3.65. The number of hydrogen-bond donors (Lipinski definition) is 2. The van der Waals surface area contributed by atoms with Crippen LogP contribution in [0, 0.1) is 5.92 Å². The van der Waals surface area contributed by atoms with E-state index in [1.54, 1.807) is 17.7 Å². The molecule has 0 spiro atoms. The maximum Gasteiger partial charge on any atom is 0.138 e. The van der Waals surface area contributed by atoms with Gasteiger partial charge in [-0.25, -0.2) is 9.97 Å². The van der Waals surface area contributed by atoms with Crippen molar-refractivity contribution in [2.45, 2.75) is 26.3 Å². The van der Waals surface area contributed by atoms with E-state index in [0.29, 0.717) is 5.92 Å². The minimum Gasteiger partial charge on any atom is -0.396 e. The molecule has 5 heteroatoms. The summed E-state index contributed by atoms with van der Waals surface area (Å²) in [6.07, 6.45) is 2.31. The number of aliphatic hydroxyl groups excluding tert-OH is 1. The van der Waals surface area contributed by atoms with Gasteiger partial charge in [0.05, 0.1) is 5.39 Å². The molecule has 0 aliphatic carbocycles. The molecule has 0 radical (unpaired) electrons. The van der Waals surface area contributed by atoms with Crippen molar-refractivity contribution in [3.05, 3.63) is 17.8 Å². The predicted molar refractivity (Wildman–Crippen MR) is 71.4 cm³/mol. The summed E-state index contributed by atoms with van der Waals surface area (Å²) in [7, 11) is 0. The molecular formula is C12H17N3OS. The van der Waals surface area contributed by atoms with Crippen LogP contribution < -0.4 is 5.32 Å². The summed E-state index contributed by atoms with van der Waals surface area (Å²) in [5.74, 6) is 1.31. The third-order valence-electron chi connectivity index (χ3n) is 2.83. The van der Waals surface area contributed by atoms with Gasteiger partial charge in [-0.3, -0.25) is 0 Å². The van der Waals surface area contributed by atoms with Crippen molar-refractivity contribution >= 4 is 27.4 Å². The van der Waals surface area contributed by atoms with Gasteiger partial charge in [-0.15, -0.1) is 11.3 Å². The van der Waals surface area contributed by atoms with E-state index in [9.17, 15) is 0 Å². The lowest BCUT2D eigenvalue weighted by Gasteiger charge is -2.22. The minimum absolute atomic E-state index is 0.188.